The number of benzene rings is 1. The van der Waals surface area contributed by atoms with Crippen LogP contribution in [0.15, 0.2) is 36.4 Å². The highest BCUT2D eigenvalue weighted by Gasteiger charge is 2.33. The molecule has 1 aliphatic carbocycles. The van der Waals surface area contributed by atoms with Crippen molar-refractivity contribution < 1.29 is 13.2 Å². The summed E-state index contributed by atoms with van der Waals surface area (Å²) in [5, 5.41) is 7.63. The third-order valence-electron chi connectivity index (χ3n) is 5.36. The summed E-state index contributed by atoms with van der Waals surface area (Å²) in [5.74, 6) is 3.57. The largest absolute Gasteiger partial charge is 0.309 e. The first-order valence-corrected chi connectivity index (χ1v) is 11.6. The van der Waals surface area contributed by atoms with E-state index in [1.165, 1.54) is 0 Å². The van der Waals surface area contributed by atoms with Crippen molar-refractivity contribution >= 4 is 21.6 Å². The fourth-order valence-electron chi connectivity index (χ4n) is 3.69. The lowest BCUT2D eigenvalue weighted by Gasteiger charge is -2.25. The van der Waals surface area contributed by atoms with Crippen LogP contribution in [0.4, 0.5) is 5.82 Å². The van der Waals surface area contributed by atoms with Gasteiger partial charge in [0.2, 0.25) is 5.91 Å². The number of nitrogens with zero attached hydrogens (tertiary/aromatic N) is 3. The van der Waals surface area contributed by atoms with E-state index in [-0.39, 0.29) is 36.5 Å². The van der Waals surface area contributed by atoms with Crippen LogP contribution in [-0.2, 0) is 14.6 Å². The van der Waals surface area contributed by atoms with Crippen LogP contribution >= 0.6 is 0 Å². The van der Waals surface area contributed by atoms with Gasteiger partial charge in [-0.2, -0.15) is 5.10 Å². The van der Waals surface area contributed by atoms with E-state index in [9.17, 15) is 13.2 Å². The Balaban J connectivity index is 1.51. The quantitative estimate of drug-likeness (QED) is 0.701. The van der Waals surface area contributed by atoms with Crippen molar-refractivity contribution in [3.63, 3.8) is 0 Å². The maximum absolute atomic E-state index is 12.8. The normalized spacial score (nSPS) is 20.5. The molecule has 1 saturated heterocycles. The van der Waals surface area contributed by atoms with Crippen molar-refractivity contribution in [3.05, 3.63) is 42.1 Å². The van der Waals surface area contributed by atoms with Crippen molar-refractivity contribution in [2.75, 3.05) is 29.9 Å². The summed E-state index contributed by atoms with van der Waals surface area (Å²) in [5.41, 5.74) is 1.85. The van der Waals surface area contributed by atoms with Gasteiger partial charge in [0.1, 0.15) is 5.82 Å². The van der Waals surface area contributed by atoms with Crippen molar-refractivity contribution in [1.29, 1.82) is 0 Å². The summed E-state index contributed by atoms with van der Waals surface area (Å²) in [7, 11) is -3.05. The fraction of sp³-hybridized carbons (Fsp3) is 0.429. The number of terminal acetylenes is 1. The average Bonchev–Trinajstić information content (AvgIpc) is 3.36. The molecule has 4 rings (SSSR count). The Morgan fingerprint density at radius 2 is 2.03 bits per heavy atom. The van der Waals surface area contributed by atoms with Gasteiger partial charge in [0.05, 0.1) is 36.0 Å². The molecule has 1 aliphatic heterocycles. The zero-order chi connectivity index (χ0) is 20.4. The van der Waals surface area contributed by atoms with E-state index >= 15 is 0 Å². The Labute approximate surface area is 171 Å². The first-order chi connectivity index (χ1) is 13.9. The van der Waals surface area contributed by atoms with Crippen molar-refractivity contribution in [1.82, 2.24) is 14.7 Å². The van der Waals surface area contributed by atoms with Gasteiger partial charge in [-0.3, -0.25) is 9.69 Å². The van der Waals surface area contributed by atoms with Crippen molar-refractivity contribution in [2.24, 2.45) is 0 Å². The number of sulfone groups is 1. The highest BCUT2D eigenvalue weighted by molar-refractivity contribution is 7.91. The van der Waals surface area contributed by atoms with Gasteiger partial charge in [-0.05, 0) is 31.4 Å². The van der Waals surface area contributed by atoms with E-state index in [1.54, 1.807) is 9.58 Å². The summed E-state index contributed by atoms with van der Waals surface area (Å²) < 4.78 is 25.4. The molecule has 1 N–H and O–H groups in total. The van der Waals surface area contributed by atoms with Gasteiger partial charge in [0, 0.05) is 18.0 Å². The van der Waals surface area contributed by atoms with Gasteiger partial charge in [-0.25, -0.2) is 13.1 Å². The molecule has 2 aromatic rings. The standard InChI is InChI=1S/C21H24N4O3S/c1-2-11-24(18-10-12-29(27,28)15-18)14-21(26)22-20-13-19(16-8-9-16)23-25(20)17-6-4-3-5-7-17/h1,3-7,13,16,18H,8-12,14-15H2,(H,22,26). The number of hydrogen-bond acceptors (Lipinski definition) is 5. The molecule has 8 heteroatoms. The molecule has 1 atom stereocenters. The molecule has 2 fully saturated rings. The molecule has 1 aromatic heterocycles. The summed E-state index contributed by atoms with van der Waals surface area (Å²) in [6.45, 7) is 0.280. The van der Waals surface area contributed by atoms with Gasteiger partial charge >= 0.3 is 0 Å². The molecular weight excluding hydrogens is 388 g/mol. The lowest BCUT2D eigenvalue weighted by molar-refractivity contribution is -0.117. The molecule has 0 bridgehead atoms. The minimum Gasteiger partial charge on any atom is -0.309 e. The lowest BCUT2D eigenvalue weighted by Crippen LogP contribution is -2.42. The smallest absolute Gasteiger partial charge is 0.239 e. The first-order valence-electron chi connectivity index (χ1n) is 9.78. The number of carbonyl (C=O) groups excluding carboxylic acids is 1. The van der Waals surface area contributed by atoms with Crippen LogP contribution in [0.25, 0.3) is 5.69 Å². The maximum atomic E-state index is 12.8. The third-order valence-corrected chi connectivity index (χ3v) is 7.11. The Morgan fingerprint density at radius 3 is 2.66 bits per heavy atom. The predicted molar refractivity (Wildman–Crippen MR) is 112 cm³/mol. The van der Waals surface area contributed by atoms with Gasteiger partial charge in [-0.15, -0.1) is 6.42 Å². The molecule has 1 aromatic carbocycles. The predicted octanol–water partition coefficient (Wildman–Crippen LogP) is 1.81. The second kappa shape index (κ2) is 8.01. The van der Waals surface area contributed by atoms with E-state index < -0.39 is 9.84 Å². The monoisotopic (exact) mass is 412 g/mol. The van der Waals surface area contributed by atoms with Gasteiger partial charge in [0.15, 0.2) is 9.84 Å². The Hall–Kier alpha value is -2.63. The zero-order valence-corrected chi connectivity index (χ0v) is 16.9. The highest BCUT2D eigenvalue weighted by atomic mass is 32.2. The first kappa shape index (κ1) is 19.7. The van der Waals surface area contributed by atoms with E-state index in [2.05, 4.69) is 16.3 Å². The number of nitrogens with one attached hydrogen (secondary N) is 1. The second-order valence-corrected chi connectivity index (χ2v) is 9.92. The number of para-hydroxylation sites is 1. The molecular formula is C21H24N4O3S. The molecule has 0 radical (unpaired) electrons. The van der Waals surface area contributed by atoms with Crippen molar-refractivity contribution in [2.45, 2.75) is 31.2 Å². The molecule has 152 valence electrons. The van der Waals surface area contributed by atoms with Gasteiger partial charge in [-0.1, -0.05) is 24.1 Å². The van der Waals surface area contributed by atoms with Gasteiger partial charge in [0.25, 0.3) is 0 Å². The van der Waals surface area contributed by atoms with Gasteiger partial charge < -0.3 is 5.32 Å². The Kier molecular flexibility index (Phi) is 5.43. The van der Waals surface area contributed by atoms with Crippen LogP contribution < -0.4 is 5.32 Å². The van der Waals surface area contributed by atoms with E-state index in [0.717, 1.165) is 24.2 Å². The topological polar surface area (TPSA) is 84.3 Å². The minimum atomic E-state index is -3.05. The highest BCUT2D eigenvalue weighted by Crippen LogP contribution is 2.40. The number of hydrogen-bond donors (Lipinski definition) is 1. The number of rotatable bonds is 7. The molecule has 7 nitrogen and oxygen atoms in total. The van der Waals surface area contributed by atoms with E-state index in [0.29, 0.717) is 18.2 Å². The molecule has 1 amide bonds. The molecule has 1 saturated carbocycles. The zero-order valence-electron chi connectivity index (χ0n) is 16.1. The fourth-order valence-corrected chi connectivity index (χ4v) is 5.46. The summed E-state index contributed by atoms with van der Waals surface area (Å²) in [6.07, 6.45) is 8.19. The summed E-state index contributed by atoms with van der Waals surface area (Å²) in [4.78, 5) is 14.6. The van der Waals surface area contributed by atoms with Crippen LogP contribution in [-0.4, -0.2) is 59.6 Å². The number of anilines is 1. The second-order valence-electron chi connectivity index (χ2n) is 7.69. The minimum absolute atomic E-state index is 0.0448. The van der Waals surface area contributed by atoms with Crippen molar-refractivity contribution in [3.8, 4) is 18.0 Å². The van der Waals surface area contributed by atoms with E-state index in [4.69, 9.17) is 6.42 Å². The number of amides is 1. The van der Waals surface area contributed by atoms with E-state index in [1.807, 2.05) is 36.4 Å². The summed E-state index contributed by atoms with van der Waals surface area (Å²) in [6, 6.07) is 11.4. The SMILES string of the molecule is C#CCN(CC(=O)Nc1cc(C2CC2)nn1-c1ccccc1)C1CCS(=O)(=O)C1. The maximum Gasteiger partial charge on any atom is 0.239 e. The molecule has 29 heavy (non-hydrogen) atoms. The molecule has 2 aliphatic rings. The third kappa shape index (κ3) is 4.69. The van der Waals surface area contributed by atoms with Crippen LogP contribution in [0.3, 0.4) is 0 Å². The van der Waals surface area contributed by atoms with Crippen LogP contribution in [0.1, 0.15) is 30.9 Å². The molecule has 1 unspecified atom stereocenters. The molecule has 2 heterocycles. The Bertz CT molecular complexity index is 1040. The average molecular weight is 413 g/mol. The molecule has 0 spiro atoms. The van der Waals surface area contributed by atoms with Crippen LogP contribution in [0, 0.1) is 12.3 Å². The number of aromatic nitrogens is 2. The Morgan fingerprint density at radius 1 is 1.28 bits per heavy atom. The number of carbonyl (C=O) groups is 1. The lowest BCUT2D eigenvalue weighted by atomic mass is 10.2. The van der Waals surface area contributed by atoms with Crippen LogP contribution in [0.5, 0.6) is 0 Å². The van der Waals surface area contributed by atoms with Crippen LogP contribution in [0.2, 0.25) is 0 Å². The summed E-state index contributed by atoms with van der Waals surface area (Å²) >= 11 is 0.